The SMILES string of the molecule is Cc1ncsc1-c1ccc([C@H](C)NC(=O)[C@@H]2C[C@@H](O)CN2C(=O)[C@@H](NC(=O)COCC2CCN(CCOc3nc(N4CCN[C@@H](CC#N)C4)c4cc(Cl)c(-c5nc(N)cc6ccccc56)c(F)c4n3)CC2)C(C)(C)C)cc1. The molecule has 0 aliphatic carbocycles. The number of nitrogens with one attached hydrogen (secondary N) is 3. The minimum atomic E-state index is -0.984. The standard InChI is InChI=1S/C56H66ClFN12O6S/c1-32(35-10-12-36(13-11-35)50-33(2)62-31-77-50)63-53(73)43-25-39(71)28-70(43)54(74)51(56(3,4)5)65-45(72)30-75-29-34-15-19-68(20-16-34)22-23-76-55-66-49-41(52(67-55)69-21-18-61-38(27-69)14-17-59)26-42(57)46(47(49)58)48-40-9-7-6-8-37(40)24-44(60)64-48/h6-13,24,26,31-32,34,38-39,43,51,61,71H,14-16,18-23,25,27-30H2,1-5H3,(H2,60,64)(H,63,73)(H,65,72)/t32-,38-,39+,43-,51+/m0/s1. The van der Waals surface area contributed by atoms with Crippen molar-refractivity contribution in [2.24, 2.45) is 11.3 Å². The average Bonchev–Trinajstić information content (AvgIpc) is 4.07. The van der Waals surface area contributed by atoms with Gasteiger partial charge in [0.05, 0.1) is 63.6 Å². The smallest absolute Gasteiger partial charge is 0.319 e. The molecule has 0 radical (unpaired) electrons. The zero-order valence-corrected chi connectivity index (χ0v) is 45.6. The maximum absolute atomic E-state index is 17.1. The molecule has 9 rings (SSSR count). The van der Waals surface area contributed by atoms with E-state index in [0.717, 1.165) is 53.0 Å². The molecule has 21 heteroatoms. The van der Waals surface area contributed by atoms with Crippen molar-refractivity contribution in [1.82, 2.24) is 45.7 Å². The van der Waals surface area contributed by atoms with Crippen LogP contribution in [0.25, 0.3) is 43.4 Å². The summed E-state index contributed by atoms with van der Waals surface area (Å²) in [5.41, 5.74) is 10.6. The van der Waals surface area contributed by atoms with E-state index in [2.05, 4.69) is 41.9 Å². The van der Waals surface area contributed by atoms with Crippen LogP contribution in [0.4, 0.5) is 16.0 Å². The third-order valence-electron chi connectivity index (χ3n) is 14.7. The Morgan fingerprint density at radius 1 is 1.04 bits per heavy atom. The van der Waals surface area contributed by atoms with Crippen LogP contribution in [-0.2, 0) is 19.1 Å². The van der Waals surface area contributed by atoms with E-state index < -0.39 is 41.2 Å². The van der Waals surface area contributed by atoms with Gasteiger partial charge < -0.3 is 46.1 Å². The van der Waals surface area contributed by atoms with Gasteiger partial charge in [-0.15, -0.1) is 11.3 Å². The number of aryl methyl sites for hydroxylation is 1. The molecule has 3 saturated heterocycles. The van der Waals surface area contributed by atoms with Gasteiger partial charge >= 0.3 is 6.01 Å². The summed E-state index contributed by atoms with van der Waals surface area (Å²) in [5.74, 6) is -1.09. The van der Waals surface area contributed by atoms with Crippen LogP contribution in [0, 0.1) is 35.4 Å². The predicted octanol–water partition coefficient (Wildman–Crippen LogP) is 6.82. The number of anilines is 2. The van der Waals surface area contributed by atoms with Crippen LogP contribution in [0.5, 0.6) is 6.01 Å². The van der Waals surface area contributed by atoms with Gasteiger partial charge in [0, 0.05) is 56.0 Å². The monoisotopic (exact) mass is 1090 g/mol. The van der Waals surface area contributed by atoms with E-state index in [4.69, 9.17) is 31.8 Å². The number of hydrogen-bond acceptors (Lipinski definition) is 16. The summed E-state index contributed by atoms with van der Waals surface area (Å²) in [4.78, 5) is 66.5. The van der Waals surface area contributed by atoms with E-state index in [1.54, 1.807) is 23.5 Å². The van der Waals surface area contributed by atoms with Crippen LogP contribution in [-0.4, -0.2) is 142 Å². The first-order chi connectivity index (χ1) is 36.9. The number of β-amino-alcohol motifs (C(OH)–C–C–N with tert-alkyl or cyclic N) is 1. The lowest BCUT2D eigenvalue weighted by molar-refractivity contribution is -0.144. The molecule has 3 fully saturated rings. The van der Waals surface area contributed by atoms with E-state index in [1.807, 2.05) is 93.6 Å². The topological polar surface area (TPSA) is 237 Å². The number of benzene rings is 3. The molecule has 3 aliphatic heterocycles. The van der Waals surface area contributed by atoms with Crippen molar-refractivity contribution < 1.29 is 33.4 Å². The Bertz CT molecular complexity index is 3160. The summed E-state index contributed by atoms with van der Waals surface area (Å²) in [6, 6.07) is 18.6. The Balaban J connectivity index is 0.777. The molecule has 3 aromatic heterocycles. The number of rotatable bonds is 17. The van der Waals surface area contributed by atoms with Gasteiger partial charge in [0.1, 0.15) is 42.4 Å². The van der Waals surface area contributed by atoms with Crippen LogP contribution >= 0.6 is 22.9 Å². The molecule has 3 aliphatic rings. The first-order valence-electron chi connectivity index (χ1n) is 26.2. The van der Waals surface area contributed by atoms with Gasteiger partial charge in [-0.3, -0.25) is 19.3 Å². The molecular formula is C56H66ClFN12O6S. The largest absolute Gasteiger partial charge is 0.462 e. The number of nitrogens with zero attached hydrogens (tertiary/aromatic N) is 8. The summed E-state index contributed by atoms with van der Waals surface area (Å²) in [7, 11) is 0. The lowest BCUT2D eigenvalue weighted by atomic mass is 9.85. The molecule has 5 atom stereocenters. The highest BCUT2D eigenvalue weighted by Crippen LogP contribution is 2.41. The number of aliphatic hydroxyl groups excluding tert-OH is 1. The molecule has 0 bridgehead atoms. The number of piperazine rings is 1. The molecule has 0 saturated carbocycles. The molecule has 6 heterocycles. The zero-order valence-electron chi connectivity index (χ0n) is 44.0. The lowest BCUT2D eigenvalue weighted by Crippen LogP contribution is -2.58. The van der Waals surface area contributed by atoms with Crippen molar-refractivity contribution in [1.29, 1.82) is 5.26 Å². The number of aliphatic hydroxyl groups is 1. The molecule has 6 aromatic rings. The van der Waals surface area contributed by atoms with E-state index in [9.17, 15) is 24.8 Å². The molecule has 77 heavy (non-hydrogen) atoms. The second-order valence-electron chi connectivity index (χ2n) is 21.4. The highest BCUT2D eigenvalue weighted by Gasteiger charge is 2.45. The normalized spacial score (nSPS) is 19.3. The highest BCUT2D eigenvalue weighted by atomic mass is 35.5. The number of nitriles is 1. The first kappa shape index (κ1) is 55.2. The molecular weight excluding hydrogens is 1020 g/mol. The molecule has 6 N–H and O–H groups in total. The molecule has 0 spiro atoms. The number of pyridine rings is 1. The summed E-state index contributed by atoms with van der Waals surface area (Å²) >= 11 is 8.49. The number of halogens is 2. The molecule has 406 valence electrons. The third-order valence-corrected chi connectivity index (χ3v) is 16.0. The van der Waals surface area contributed by atoms with E-state index in [1.165, 1.54) is 4.90 Å². The van der Waals surface area contributed by atoms with Gasteiger partial charge in [-0.1, -0.05) is 80.9 Å². The Kier molecular flexibility index (Phi) is 17.2. The second kappa shape index (κ2) is 24.0. The minimum absolute atomic E-state index is 0.00611. The lowest BCUT2D eigenvalue weighted by Gasteiger charge is -2.35. The van der Waals surface area contributed by atoms with Crippen LogP contribution < -0.4 is 31.3 Å². The number of amides is 3. The fourth-order valence-corrected chi connectivity index (χ4v) is 11.6. The number of nitrogens with two attached hydrogens (primary N) is 1. The van der Waals surface area contributed by atoms with Gasteiger partial charge in [-0.2, -0.15) is 15.2 Å². The Morgan fingerprint density at radius 3 is 2.53 bits per heavy atom. The van der Waals surface area contributed by atoms with Gasteiger partial charge in [0.15, 0.2) is 5.82 Å². The number of carbonyl (C=O) groups is 3. The van der Waals surface area contributed by atoms with E-state index >= 15 is 4.39 Å². The van der Waals surface area contributed by atoms with Gasteiger partial charge in [-0.25, -0.2) is 14.4 Å². The van der Waals surface area contributed by atoms with Crippen molar-refractivity contribution in [3.8, 4) is 33.8 Å². The molecule has 0 unspecified atom stereocenters. The Labute approximate surface area is 456 Å². The fraction of sp³-hybridized carbons (Fsp3) is 0.464. The van der Waals surface area contributed by atoms with Crippen molar-refractivity contribution in [3.63, 3.8) is 0 Å². The Hall–Kier alpha value is -6.60. The maximum atomic E-state index is 17.1. The number of piperidine rings is 1. The number of aromatic nitrogens is 4. The van der Waals surface area contributed by atoms with Crippen molar-refractivity contribution >= 4 is 74.0 Å². The number of ether oxygens (including phenoxy) is 2. The predicted molar refractivity (Wildman–Crippen MR) is 296 cm³/mol. The van der Waals surface area contributed by atoms with Crippen LogP contribution in [0.15, 0.2) is 66.2 Å². The first-order valence-corrected chi connectivity index (χ1v) is 27.4. The van der Waals surface area contributed by atoms with Crippen LogP contribution in [0.2, 0.25) is 5.02 Å². The van der Waals surface area contributed by atoms with Crippen LogP contribution in [0.3, 0.4) is 0 Å². The van der Waals surface area contributed by atoms with Crippen molar-refractivity contribution in [3.05, 3.63) is 88.3 Å². The summed E-state index contributed by atoms with van der Waals surface area (Å²) in [5, 5.41) is 31.5. The second-order valence-corrected chi connectivity index (χ2v) is 22.6. The molecule has 18 nitrogen and oxygen atoms in total. The van der Waals surface area contributed by atoms with Gasteiger partial charge in [-0.05, 0) is 79.8 Å². The Morgan fingerprint density at radius 2 is 1.81 bits per heavy atom. The van der Waals surface area contributed by atoms with E-state index in [-0.39, 0.29) is 84.4 Å². The number of nitrogen functional groups attached to an aromatic ring is 1. The van der Waals surface area contributed by atoms with Gasteiger partial charge in [0.25, 0.3) is 0 Å². The third kappa shape index (κ3) is 12.7. The summed E-state index contributed by atoms with van der Waals surface area (Å²) < 4.78 is 29.2. The van der Waals surface area contributed by atoms with Crippen molar-refractivity contribution in [2.45, 2.75) is 90.6 Å². The van der Waals surface area contributed by atoms with Gasteiger partial charge in [0.2, 0.25) is 17.7 Å². The number of likely N-dealkylation sites (tertiary alicyclic amines) is 2. The number of thiazole rings is 1. The van der Waals surface area contributed by atoms with E-state index in [0.29, 0.717) is 55.1 Å². The number of hydrogen-bond donors (Lipinski definition) is 5. The number of carbonyl (C=O) groups excluding carboxylic acids is 3. The maximum Gasteiger partial charge on any atom is 0.319 e. The van der Waals surface area contributed by atoms with Crippen molar-refractivity contribution in [2.75, 3.05) is 76.3 Å². The highest BCUT2D eigenvalue weighted by molar-refractivity contribution is 7.13. The fourth-order valence-electron chi connectivity index (χ4n) is 10.5. The molecule has 3 amide bonds. The minimum Gasteiger partial charge on any atom is -0.462 e. The molecule has 3 aromatic carbocycles. The van der Waals surface area contributed by atoms with Crippen LogP contribution in [0.1, 0.15) is 70.7 Å². The summed E-state index contributed by atoms with van der Waals surface area (Å²) in [6.07, 6.45) is 1.10. The zero-order chi connectivity index (χ0) is 54.5. The average molecular weight is 1090 g/mol. The number of fused-ring (bicyclic) bond motifs is 2. The summed E-state index contributed by atoms with van der Waals surface area (Å²) in [6.45, 7) is 13.3. The quantitative estimate of drug-likeness (QED) is 0.0630.